The van der Waals surface area contributed by atoms with Crippen LogP contribution in [0.15, 0.2) is 30.0 Å². The summed E-state index contributed by atoms with van der Waals surface area (Å²) in [5, 5.41) is 2.36. The van der Waals surface area contributed by atoms with Crippen LogP contribution in [0.1, 0.15) is 29.7 Å². The van der Waals surface area contributed by atoms with E-state index in [2.05, 4.69) is 36.1 Å². The third-order valence-electron chi connectivity index (χ3n) is 5.19. The van der Waals surface area contributed by atoms with Gasteiger partial charge in [0.15, 0.2) is 0 Å². The third kappa shape index (κ3) is 4.57. The Kier molecular flexibility index (Phi) is 5.59. The fourth-order valence-electron chi connectivity index (χ4n) is 3.78. The molecule has 0 spiro atoms. The van der Waals surface area contributed by atoms with Gasteiger partial charge in [-0.1, -0.05) is 6.42 Å². The van der Waals surface area contributed by atoms with Gasteiger partial charge in [0, 0.05) is 56.5 Å². The van der Waals surface area contributed by atoms with Crippen LogP contribution in [0, 0.1) is 0 Å². The number of piperidine rings is 1. The molecule has 4 rings (SSSR count). The third-order valence-corrected chi connectivity index (χ3v) is 6.16. The minimum Gasteiger partial charge on any atom is -0.353 e. The summed E-state index contributed by atoms with van der Waals surface area (Å²) in [6, 6.07) is 2.42. The van der Waals surface area contributed by atoms with E-state index in [0.717, 1.165) is 45.1 Å². The molecule has 4 heterocycles. The van der Waals surface area contributed by atoms with Crippen LogP contribution in [-0.4, -0.2) is 59.0 Å². The SMILES string of the molecule is c1cnc(N2CCN(Cc3cc(CN4CCCCC4)cs3)CC2)cn1. The Morgan fingerprint density at radius 3 is 2.44 bits per heavy atom. The van der Waals surface area contributed by atoms with Crippen LogP contribution in [0.3, 0.4) is 0 Å². The summed E-state index contributed by atoms with van der Waals surface area (Å²) in [5.41, 5.74) is 1.50. The van der Waals surface area contributed by atoms with Gasteiger partial charge < -0.3 is 4.90 Å². The first-order valence-corrected chi connectivity index (χ1v) is 10.3. The molecule has 0 aromatic carbocycles. The summed E-state index contributed by atoms with van der Waals surface area (Å²) < 4.78 is 0. The summed E-state index contributed by atoms with van der Waals surface area (Å²) in [7, 11) is 0. The highest BCUT2D eigenvalue weighted by molar-refractivity contribution is 7.10. The number of piperazine rings is 1. The zero-order valence-electron chi connectivity index (χ0n) is 14.8. The maximum atomic E-state index is 4.41. The molecule has 2 aliphatic rings. The van der Waals surface area contributed by atoms with E-state index in [0.29, 0.717) is 0 Å². The van der Waals surface area contributed by atoms with Crippen LogP contribution in [0.25, 0.3) is 0 Å². The Bertz CT molecular complexity index is 645. The van der Waals surface area contributed by atoms with E-state index in [1.165, 1.54) is 42.8 Å². The quantitative estimate of drug-likeness (QED) is 0.822. The average molecular weight is 358 g/mol. The predicted molar refractivity (Wildman–Crippen MR) is 103 cm³/mol. The standard InChI is InChI=1S/C19H27N5S/c1-2-6-22(7-3-1)14-17-12-18(25-16-17)15-23-8-10-24(11-9-23)19-13-20-4-5-21-19/h4-5,12-13,16H,1-3,6-11,14-15H2. The Hall–Kier alpha value is -1.50. The molecule has 2 aromatic rings. The van der Waals surface area contributed by atoms with Gasteiger partial charge in [0.25, 0.3) is 0 Å². The van der Waals surface area contributed by atoms with Crippen LogP contribution >= 0.6 is 11.3 Å². The average Bonchev–Trinajstić information content (AvgIpc) is 3.11. The van der Waals surface area contributed by atoms with Crippen molar-refractivity contribution in [3.8, 4) is 0 Å². The van der Waals surface area contributed by atoms with Crippen LogP contribution < -0.4 is 4.90 Å². The first kappa shape index (κ1) is 16.9. The topological polar surface area (TPSA) is 35.5 Å². The van der Waals surface area contributed by atoms with Crippen LogP contribution in [0.5, 0.6) is 0 Å². The zero-order chi connectivity index (χ0) is 16.9. The highest BCUT2D eigenvalue weighted by Crippen LogP contribution is 2.21. The van der Waals surface area contributed by atoms with Crippen molar-refractivity contribution in [2.24, 2.45) is 0 Å². The lowest BCUT2D eigenvalue weighted by Gasteiger charge is -2.34. The Morgan fingerprint density at radius 2 is 1.68 bits per heavy atom. The molecule has 0 saturated carbocycles. The number of hydrogen-bond donors (Lipinski definition) is 0. The minimum atomic E-state index is 1.00. The Balaban J connectivity index is 1.26. The molecule has 0 radical (unpaired) electrons. The van der Waals surface area contributed by atoms with Gasteiger partial charge in [-0.3, -0.25) is 14.8 Å². The van der Waals surface area contributed by atoms with E-state index in [-0.39, 0.29) is 0 Å². The van der Waals surface area contributed by atoms with Gasteiger partial charge >= 0.3 is 0 Å². The van der Waals surface area contributed by atoms with Crippen LogP contribution in [0.2, 0.25) is 0 Å². The van der Waals surface area contributed by atoms with Crippen molar-refractivity contribution in [3.63, 3.8) is 0 Å². The molecular weight excluding hydrogens is 330 g/mol. The van der Waals surface area contributed by atoms with Crippen molar-refractivity contribution in [2.75, 3.05) is 44.2 Å². The molecule has 0 bridgehead atoms. The first-order valence-electron chi connectivity index (χ1n) is 9.39. The molecule has 0 N–H and O–H groups in total. The molecule has 0 amide bonds. The summed E-state index contributed by atoms with van der Waals surface area (Å²) in [6.45, 7) is 9.02. The fourth-order valence-corrected chi connectivity index (χ4v) is 4.70. The van der Waals surface area contributed by atoms with E-state index >= 15 is 0 Å². The van der Waals surface area contributed by atoms with Gasteiger partial charge in [0.05, 0.1) is 6.20 Å². The predicted octanol–water partition coefficient (Wildman–Crippen LogP) is 2.85. The molecule has 2 aliphatic heterocycles. The highest BCUT2D eigenvalue weighted by Gasteiger charge is 2.19. The molecule has 5 nitrogen and oxygen atoms in total. The van der Waals surface area contributed by atoms with Gasteiger partial charge in [-0.05, 0) is 42.9 Å². The van der Waals surface area contributed by atoms with Crippen molar-refractivity contribution in [1.82, 2.24) is 19.8 Å². The van der Waals surface area contributed by atoms with Gasteiger partial charge in [0.1, 0.15) is 5.82 Å². The van der Waals surface area contributed by atoms with Gasteiger partial charge in [-0.25, -0.2) is 4.98 Å². The molecule has 0 unspecified atom stereocenters. The minimum absolute atomic E-state index is 1.00. The molecule has 0 atom stereocenters. The number of likely N-dealkylation sites (tertiary alicyclic amines) is 1. The summed E-state index contributed by atoms with van der Waals surface area (Å²) in [6.07, 6.45) is 9.52. The molecule has 25 heavy (non-hydrogen) atoms. The second kappa shape index (κ2) is 8.25. The van der Waals surface area contributed by atoms with E-state index in [9.17, 15) is 0 Å². The van der Waals surface area contributed by atoms with E-state index in [1.807, 2.05) is 17.5 Å². The summed E-state index contributed by atoms with van der Waals surface area (Å²) >= 11 is 1.92. The van der Waals surface area contributed by atoms with Gasteiger partial charge in [-0.2, -0.15) is 0 Å². The van der Waals surface area contributed by atoms with E-state index in [4.69, 9.17) is 0 Å². The lowest BCUT2D eigenvalue weighted by Crippen LogP contribution is -2.46. The molecular formula is C19H27N5S. The Morgan fingerprint density at radius 1 is 0.880 bits per heavy atom. The first-order chi connectivity index (χ1) is 12.4. The number of thiophene rings is 1. The lowest BCUT2D eigenvalue weighted by atomic mass is 10.1. The highest BCUT2D eigenvalue weighted by atomic mass is 32.1. The molecule has 0 aliphatic carbocycles. The smallest absolute Gasteiger partial charge is 0.147 e. The summed E-state index contributed by atoms with van der Waals surface area (Å²) in [4.78, 5) is 17.6. The van der Waals surface area contributed by atoms with Crippen molar-refractivity contribution >= 4 is 17.2 Å². The number of nitrogens with zero attached hydrogens (tertiary/aromatic N) is 5. The molecule has 2 fully saturated rings. The van der Waals surface area contributed by atoms with Gasteiger partial charge in [-0.15, -0.1) is 11.3 Å². The number of aromatic nitrogens is 2. The molecule has 2 saturated heterocycles. The van der Waals surface area contributed by atoms with Crippen LogP contribution in [0.4, 0.5) is 5.82 Å². The molecule has 2 aromatic heterocycles. The van der Waals surface area contributed by atoms with Crippen molar-refractivity contribution in [2.45, 2.75) is 32.4 Å². The van der Waals surface area contributed by atoms with Gasteiger partial charge in [0.2, 0.25) is 0 Å². The number of hydrogen-bond acceptors (Lipinski definition) is 6. The maximum Gasteiger partial charge on any atom is 0.147 e. The number of rotatable bonds is 5. The second-order valence-corrected chi connectivity index (χ2v) is 8.08. The zero-order valence-corrected chi connectivity index (χ0v) is 15.6. The normalized spacial score (nSPS) is 20.1. The van der Waals surface area contributed by atoms with Crippen molar-refractivity contribution in [1.29, 1.82) is 0 Å². The second-order valence-electron chi connectivity index (χ2n) is 7.08. The van der Waals surface area contributed by atoms with Crippen LogP contribution in [-0.2, 0) is 13.1 Å². The maximum absolute atomic E-state index is 4.41. The summed E-state index contributed by atoms with van der Waals surface area (Å²) in [5.74, 6) is 1.00. The van der Waals surface area contributed by atoms with E-state index in [1.54, 1.807) is 12.4 Å². The number of anilines is 1. The van der Waals surface area contributed by atoms with Crippen molar-refractivity contribution in [3.05, 3.63) is 40.5 Å². The fraction of sp³-hybridized carbons (Fsp3) is 0.579. The Labute approximate surface area is 154 Å². The molecule has 134 valence electrons. The lowest BCUT2D eigenvalue weighted by molar-refractivity contribution is 0.221. The largest absolute Gasteiger partial charge is 0.353 e. The van der Waals surface area contributed by atoms with E-state index < -0.39 is 0 Å². The monoisotopic (exact) mass is 357 g/mol. The van der Waals surface area contributed by atoms with Crippen molar-refractivity contribution < 1.29 is 0 Å². The molecule has 6 heteroatoms.